The molecule has 0 spiro atoms. The maximum absolute atomic E-state index is 11.2. The number of hydrogen-bond acceptors (Lipinski definition) is 10. The number of hydrogen-bond donors (Lipinski definition) is 6. The van der Waals surface area contributed by atoms with Gasteiger partial charge in [-0.3, -0.25) is 19.2 Å². The second-order valence-corrected chi connectivity index (χ2v) is 7.01. The Morgan fingerprint density at radius 1 is 1.41 bits per heavy atom. The van der Waals surface area contributed by atoms with E-state index in [9.17, 15) is 19.6 Å². The van der Waals surface area contributed by atoms with E-state index in [2.05, 4.69) is 24.8 Å². The largest absolute Gasteiger partial charge is 0.469 e. The predicted octanol–water partition coefficient (Wildman–Crippen LogP) is -1.90. The molecule has 3 rings (SSSR count). The van der Waals surface area contributed by atoms with Gasteiger partial charge in [0.2, 0.25) is 11.9 Å². The Bertz CT molecular complexity index is 915. The number of carbonyl (C=O) groups is 1. The highest BCUT2D eigenvalue weighted by Crippen LogP contribution is 2.39. The first kappa shape index (κ1) is 19.6. The SMILES string of the molecule is CC(=O)Nc1nc(N)c2ncn([C@@H]3O[C@H](COP(=O)(O)O)[C@@H](O)[C@H]3O)c2n1. The van der Waals surface area contributed by atoms with Crippen LogP contribution in [0.5, 0.6) is 0 Å². The zero-order valence-electron chi connectivity index (χ0n) is 13.8. The van der Waals surface area contributed by atoms with Gasteiger partial charge < -0.3 is 30.5 Å². The number of phosphoric acid groups is 1. The van der Waals surface area contributed by atoms with Crippen LogP contribution in [0.25, 0.3) is 11.2 Å². The summed E-state index contributed by atoms with van der Waals surface area (Å²) in [6.45, 7) is 0.604. The van der Waals surface area contributed by atoms with Crippen LogP contribution in [0.1, 0.15) is 13.2 Å². The van der Waals surface area contributed by atoms with Crippen LogP contribution in [-0.2, 0) is 18.6 Å². The first-order chi connectivity index (χ1) is 12.6. The summed E-state index contributed by atoms with van der Waals surface area (Å²) >= 11 is 0. The number of rotatable bonds is 5. The molecule has 15 heteroatoms. The average molecular weight is 404 g/mol. The average Bonchev–Trinajstić information content (AvgIpc) is 3.07. The van der Waals surface area contributed by atoms with Gasteiger partial charge in [0.1, 0.15) is 23.8 Å². The number of ether oxygens (including phenoxy) is 1. The number of carbonyl (C=O) groups excluding carboxylic acids is 1. The van der Waals surface area contributed by atoms with Gasteiger partial charge in [0, 0.05) is 6.92 Å². The summed E-state index contributed by atoms with van der Waals surface area (Å²) in [6.07, 6.45) is -4.15. The van der Waals surface area contributed by atoms with Crippen molar-refractivity contribution in [2.24, 2.45) is 0 Å². The number of amides is 1. The summed E-state index contributed by atoms with van der Waals surface area (Å²) in [5, 5.41) is 22.7. The summed E-state index contributed by atoms with van der Waals surface area (Å²) in [5.74, 6) is -0.553. The molecule has 0 radical (unpaired) electrons. The van der Waals surface area contributed by atoms with Gasteiger partial charge in [0.25, 0.3) is 0 Å². The van der Waals surface area contributed by atoms with Crippen LogP contribution in [0, 0.1) is 0 Å². The zero-order valence-corrected chi connectivity index (χ0v) is 14.7. The van der Waals surface area contributed by atoms with Crippen molar-refractivity contribution in [1.82, 2.24) is 19.5 Å². The minimum Gasteiger partial charge on any atom is -0.387 e. The summed E-state index contributed by atoms with van der Waals surface area (Å²) in [5.41, 5.74) is 6.07. The molecule has 2 aromatic rings. The lowest BCUT2D eigenvalue weighted by Gasteiger charge is -2.17. The summed E-state index contributed by atoms with van der Waals surface area (Å²) < 4.78 is 21.9. The molecule has 1 fully saturated rings. The van der Waals surface area contributed by atoms with Gasteiger partial charge in [-0.15, -0.1) is 0 Å². The van der Waals surface area contributed by atoms with E-state index >= 15 is 0 Å². The summed E-state index contributed by atoms with van der Waals surface area (Å²) in [4.78, 5) is 40.7. The fraction of sp³-hybridized carbons (Fsp3) is 0.500. The van der Waals surface area contributed by atoms with Crippen molar-refractivity contribution >= 4 is 36.7 Å². The van der Waals surface area contributed by atoms with Gasteiger partial charge in [-0.05, 0) is 0 Å². The molecule has 2 aromatic heterocycles. The maximum Gasteiger partial charge on any atom is 0.469 e. The minimum atomic E-state index is -4.78. The van der Waals surface area contributed by atoms with Gasteiger partial charge in [0.05, 0.1) is 12.9 Å². The van der Waals surface area contributed by atoms with Gasteiger partial charge in [-0.25, -0.2) is 9.55 Å². The molecule has 0 aromatic carbocycles. The zero-order chi connectivity index (χ0) is 19.9. The van der Waals surface area contributed by atoms with Gasteiger partial charge in [-0.2, -0.15) is 9.97 Å². The molecule has 14 nitrogen and oxygen atoms in total. The van der Waals surface area contributed by atoms with Crippen LogP contribution in [0.4, 0.5) is 11.8 Å². The van der Waals surface area contributed by atoms with Crippen molar-refractivity contribution in [1.29, 1.82) is 0 Å². The highest BCUT2D eigenvalue weighted by Gasteiger charge is 2.45. The highest BCUT2D eigenvalue weighted by atomic mass is 31.2. The van der Waals surface area contributed by atoms with E-state index in [1.165, 1.54) is 17.8 Å². The standard InChI is InChI=1S/C12H17N6O8P/c1-4(19)15-12-16-9(13)6-10(17-12)18(3-14-6)11-8(21)7(20)5(26-11)2-25-27(22,23)24/h3,5,7-8,11,20-21H,2H2,1H3,(H2,22,23,24)(H3,13,15,16,17,19)/t5-,7-,8-,11-/m1/s1. The molecule has 1 aliphatic rings. The number of nitrogens with one attached hydrogen (secondary N) is 1. The number of fused-ring (bicyclic) bond motifs is 1. The van der Waals surface area contributed by atoms with Crippen LogP contribution >= 0.6 is 7.82 Å². The molecule has 4 atom stereocenters. The quantitative estimate of drug-likeness (QED) is 0.301. The van der Waals surface area contributed by atoms with Gasteiger partial charge in [-0.1, -0.05) is 0 Å². The topological polar surface area (TPSA) is 215 Å². The minimum absolute atomic E-state index is 0.0306. The van der Waals surface area contributed by atoms with Crippen LogP contribution in [0.3, 0.4) is 0 Å². The van der Waals surface area contributed by atoms with Gasteiger partial charge >= 0.3 is 7.82 Å². The molecule has 1 amide bonds. The van der Waals surface area contributed by atoms with Crippen molar-refractivity contribution in [2.45, 2.75) is 31.5 Å². The summed E-state index contributed by atoms with van der Waals surface area (Å²) in [7, 11) is -4.78. The molecule has 0 saturated carbocycles. The van der Waals surface area contributed by atoms with E-state index in [-0.39, 0.29) is 22.9 Å². The molecule has 0 bridgehead atoms. The van der Waals surface area contributed by atoms with E-state index < -0.39 is 44.9 Å². The molecule has 3 heterocycles. The molecule has 1 saturated heterocycles. The molecule has 0 unspecified atom stereocenters. The van der Waals surface area contributed by atoms with Crippen LogP contribution in [0.15, 0.2) is 6.33 Å². The lowest BCUT2D eigenvalue weighted by atomic mass is 10.1. The fourth-order valence-electron chi connectivity index (χ4n) is 2.61. The number of nitrogens with zero attached hydrogens (tertiary/aromatic N) is 4. The number of imidazole rings is 1. The first-order valence-electron chi connectivity index (χ1n) is 7.56. The number of anilines is 2. The number of nitrogens with two attached hydrogens (primary N) is 1. The lowest BCUT2D eigenvalue weighted by molar-refractivity contribution is -0.114. The van der Waals surface area contributed by atoms with E-state index in [1.807, 2.05) is 0 Å². The molecular formula is C12H17N6O8P. The molecule has 0 aliphatic carbocycles. The van der Waals surface area contributed by atoms with Crippen LogP contribution in [0.2, 0.25) is 0 Å². The lowest BCUT2D eigenvalue weighted by Crippen LogP contribution is -2.33. The normalized spacial score (nSPS) is 25.8. The molecule has 148 valence electrons. The van der Waals surface area contributed by atoms with Gasteiger partial charge in [0.15, 0.2) is 17.7 Å². The van der Waals surface area contributed by atoms with Crippen LogP contribution in [-0.4, -0.2) is 70.3 Å². The van der Waals surface area contributed by atoms with E-state index in [4.69, 9.17) is 20.3 Å². The first-order valence-corrected chi connectivity index (χ1v) is 9.09. The monoisotopic (exact) mass is 404 g/mol. The Balaban J connectivity index is 1.91. The maximum atomic E-state index is 11.2. The number of phosphoric ester groups is 1. The second kappa shape index (κ2) is 7.09. The van der Waals surface area contributed by atoms with E-state index in [1.54, 1.807) is 0 Å². The number of aliphatic hydroxyl groups is 2. The highest BCUT2D eigenvalue weighted by molar-refractivity contribution is 7.46. The molecular weight excluding hydrogens is 387 g/mol. The second-order valence-electron chi connectivity index (χ2n) is 5.77. The Morgan fingerprint density at radius 3 is 2.74 bits per heavy atom. The van der Waals surface area contributed by atoms with Crippen molar-refractivity contribution in [2.75, 3.05) is 17.7 Å². The molecule has 1 aliphatic heterocycles. The van der Waals surface area contributed by atoms with Crippen LogP contribution < -0.4 is 11.1 Å². The fourth-order valence-corrected chi connectivity index (χ4v) is 2.95. The number of aliphatic hydroxyl groups excluding tert-OH is 2. The van der Waals surface area contributed by atoms with E-state index in [0.29, 0.717) is 0 Å². The third-order valence-electron chi connectivity index (χ3n) is 3.75. The third kappa shape index (κ3) is 4.06. The Labute approximate surface area is 151 Å². The Kier molecular flexibility index (Phi) is 5.14. The van der Waals surface area contributed by atoms with Crippen molar-refractivity contribution in [3.05, 3.63) is 6.33 Å². The Hall–Kier alpha value is -2.19. The summed E-state index contributed by atoms with van der Waals surface area (Å²) in [6, 6.07) is 0. The molecule has 27 heavy (non-hydrogen) atoms. The van der Waals surface area contributed by atoms with Crippen molar-refractivity contribution < 1.29 is 38.6 Å². The van der Waals surface area contributed by atoms with Crippen molar-refractivity contribution in [3.63, 3.8) is 0 Å². The number of aromatic nitrogens is 4. The third-order valence-corrected chi connectivity index (χ3v) is 4.24. The van der Waals surface area contributed by atoms with Crippen molar-refractivity contribution in [3.8, 4) is 0 Å². The van der Waals surface area contributed by atoms with E-state index in [0.717, 1.165) is 0 Å². The smallest absolute Gasteiger partial charge is 0.387 e. The number of nitrogen functional groups attached to an aromatic ring is 1. The molecule has 7 N–H and O–H groups in total. The predicted molar refractivity (Wildman–Crippen MR) is 88.0 cm³/mol. The Morgan fingerprint density at radius 2 is 2.11 bits per heavy atom.